The quantitative estimate of drug-likeness (QED) is 0.374. The third-order valence-corrected chi connectivity index (χ3v) is 4.25. The van der Waals surface area contributed by atoms with Gasteiger partial charge in [-0.1, -0.05) is 29.3 Å². The number of benzene rings is 1. The van der Waals surface area contributed by atoms with E-state index in [1.165, 1.54) is 0 Å². The maximum absolute atomic E-state index is 6.21. The Morgan fingerprint density at radius 2 is 2.12 bits per heavy atom. The second-order valence-corrected chi connectivity index (χ2v) is 6.27. The Labute approximate surface area is 174 Å². The number of halogens is 3. The first-order valence-electron chi connectivity index (χ1n) is 7.41. The molecule has 0 spiro atoms. The van der Waals surface area contributed by atoms with Gasteiger partial charge in [0.1, 0.15) is 0 Å². The standard InChI is InChI=1S/C16H21Cl2N5O.HI/c1-9(12-6-5-11(17)7-14(12)18)21-16(19)20-8-13-10(2)22-23(3)15(13)24-4;/h5-7,9H,8H2,1-4H3,(H3,19,20,21);1H. The molecule has 6 nitrogen and oxygen atoms in total. The first-order valence-corrected chi connectivity index (χ1v) is 8.17. The summed E-state index contributed by atoms with van der Waals surface area (Å²) in [5.41, 5.74) is 8.65. The molecule has 1 aromatic heterocycles. The van der Waals surface area contributed by atoms with Crippen LogP contribution in [0.2, 0.25) is 10.0 Å². The molecule has 25 heavy (non-hydrogen) atoms. The zero-order valence-electron chi connectivity index (χ0n) is 14.5. The molecule has 9 heteroatoms. The Hall–Kier alpha value is -1.19. The summed E-state index contributed by atoms with van der Waals surface area (Å²) in [4.78, 5) is 4.37. The summed E-state index contributed by atoms with van der Waals surface area (Å²) in [6.45, 7) is 4.24. The third kappa shape index (κ3) is 5.39. The zero-order valence-corrected chi connectivity index (χ0v) is 18.4. The van der Waals surface area contributed by atoms with Crippen LogP contribution < -0.4 is 15.8 Å². The van der Waals surface area contributed by atoms with E-state index in [0.717, 1.165) is 16.8 Å². The molecule has 0 radical (unpaired) electrons. The maximum Gasteiger partial charge on any atom is 0.216 e. The van der Waals surface area contributed by atoms with Gasteiger partial charge in [-0.3, -0.25) is 0 Å². The summed E-state index contributed by atoms with van der Waals surface area (Å²) in [6.07, 6.45) is 0. The van der Waals surface area contributed by atoms with Gasteiger partial charge in [-0.2, -0.15) is 5.10 Å². The topological polar surface area (TPSA) is 77.5 Å². The molecule has 0 aliphatic heterocycles. The average Bonchev–Trinajstić information content (AvgIpc) is 2.77. The molecule has 3 N–H and O–H groups in total. The molecule has 0 aliphatic carbocycles. The van der Waals surface area contributed by atoms with Gasteiger partial charge in [0.25, 0.3) is 0 Å². The lowest BCUT2D eigenvalue weighted by molar-refractivity contribution is 0.369. The van der Waals surface area contributed by atoms with Crippen molar-refractivity contribution in [1.82, 2.24) is 15.1 Å². The molecular formula is C16H22Cl2IN5O. The summed E-state index contributed by atoms with van der Waals surface area (Å²) in [5, 5.41) is 8.62. The Balaban J connectivity index is 0.00000312. The minimum Gasteiger partial charge on any atom is -0.481 e. The average molecular weight is 498 g/mol. The zero-order chi connectivity index (χ0) is 17.9. The fourth-order valence-corrected chi connectivity index (χ4v) is 3.05. The van der Waals surface area contributed by atoms with E-state index >= 15 is 0 Å². The number of nitrogens with one attached hydrogen (secondary N) is 1. The van der Waals surface area contributed by atoms with Gasteiger partial charge in [-0.05, 0) is 31.5 Å². The summed E-state index contributed by atoms with van der Waals surface area (Å²) >= 11 is 12.1. The highest BCUT2D eigenvalue weighted by molar-refractivity contribution is 14.0. The van der Waals surface area contributed by atoms with Crippen LogP contribution in [0.5, 0.6) is 5.88 Å². The number of ether oxygens (including phenoxy) is 1. The number of hydrogen-bond donors (Lipinski definition) is 2. The molecule has 1 aromatic carbocycles. The third-order valence-electron chi connectivity index (χ3n) is 3.68. The molecule has 1 atom stereocenters. The van der Waals surface area contributed by atoms with Gasteiger partial charge in [-0.15, -0.1) is 24.0 Å². The highest BCUT2D eigenvalue weighted by atomic mass is 127. The second-order valence-electron chi connectivity index (χ2n) is 5.43. The normalized spacial score (nSPS) is 12.5. The molecule has 1 heterocycles. The number of aliphatic imine (C=N–C) groups is 1. The highest BCUT2D eigenvalue weighted by Crippen LogP contribution is 2.26. The largest absolute Gasteiger partial charge is 0.481 e. The van der Waals surface area contributed by atoms with Gasteiger partial charge in [0.15, 0.2) is 5.96 Å². The van der Waals surface area contributed by atoms with Crippen LogP contribution in [0.3, 0.4) is 0 Å². The predicted molar refractivity (Wildman–Crippen MR) is 113 cm³/mol. The van der Waals surface area contributed by atoms with Crippen molar-refractivity contribution in [1.29, 1.82) is 0 Å². The van der Waals surface area contributed by atoms with Gasteiger partial charge in [-0.25, -0.2) is 9.67 Å². The van der Waals surface area contributed by atoms with Crippen LogP contribution in [0.4, 0.5) is 0 Å². The summed E-state index contributed by atoms with van der Waals surface area (Å²) in [5.74, 6) is 0.997. The van der Waals surface area contributed by atoms with Crippen LogP contribution >= 0.6 is 47.2 Å². The first kappa shape index (κ1) is 21.9. The van der Waals surface area contributed by atoms with Gasteiger partial charge in [0.2, 0.25) is 5.88 Å². The van der Waals surface area contributed by atoms with E-state index in [-0.39, 0.29) is 30.0 Å². The molecule has 0 saturated carbocycles. The van der Waals surface area contributed by atoms with Crippen molar-refractivity contribution in [2.24, 2.45) is 17.8 Å². The molecule has 0 bridgehead atoms. The van der Waals surface area contributed by atoms with Crippen LogP contribution in [0.1, 0.15) is 29.8 Å². The van der Waals surface area contributed by atoms with E-state index in [2.05, 4.69) is 15.4 Å². The molecule has 2 rings (SSSR count). The van der Waals surface area contributed by atoms with Gasteiger partial charge in [0, 0.05) is 17.1 Å². The van der Waals surface area contributed by atoms with Crippen LogP contribution in [-0.2, 0) is 13.6 Å². The van der Waals surface area contributed by atoms with Gasteiger partial charge < -0.3 is 15.8 Å². The second kappa shape index (κ2) is 9.49. The number of aryl methyl sites for hydroxylation is 2. The lowest BCUT2D eigenvalue weighted by atomic mass is 10.1. The van der Waals surface area contributed by atoms with Crippen molar-refractivity contribution in [2.45, 2.75) is 26.4 Å². The SMILES string of the molecule is COc1c(CN=C(N)NC(C)c2ccc(Cl)cc2Cl)c(C)nn1C.I. The van der Waals surface area contributed by atoms with Crippen LogP contribution in [0, 0.1) is 6.92 Å². The van der Waals surface area contributed by atoms with E-state index in [9.17, 15) is 0 Å². The summed E-state index contributed by atoms with van der Waals surface area (Å²) < 4.78 is 7.03. The molecule has 0 fully saturated rings. The molecule has 138 valence electrons. The van der Waals surface area contributed by atoms with Crippen LogP contribution in [0.25, 0.3) is 0 Å². The van der Waals surface area contributed by atoms with Gasteiger partial charge >= 0.3 is 0 Å². The Morgan fingerprint density at radius 3 is 2.72 bits per heavy atom. The number of rotatable bonds is 5. The van der Waals surface area contributed by atoms with E-state index in [0.29, 0.717) is 28.4 Å². The number of methoxy groups -OCH3 is 1. The smallest absolute Gasteiger partial charge is 0.216 e. The minimum atomic E-state index is -0.101. The van der Waals surface area contributed by atoms with Crippen LogP contribution in [0.15, 0.2) is 23.2 Å². The number of aromatic nitrogens is 2. The Morgan fingerprint density at radius 1 is 1.44 bits per heavy atom. The lowest BCUT2D eigenvalue weighted by Gasteiger charge is -2.16. The molecule has 0 amide bonds. The maximum atomic E-state index is 6.21. The summed E-state index contributed by atoms with van der Waals surface area (Å²) in [6, 6.07) is 5.26. The summed E-state index contributed by atoms with van der Waals surface area (Å²) in [7, 11) is 3.43. The molecule has 0 aliphatic rings. The van der Waals surface area contributed by atoms with Crippen molar-refractivity contribution in [3.8, 4) is 5.88 Å². The number of guanidine groups is 1. The Kier molecular flexibility index (Phi) is 8.30. The first-order chi connectivity index (χ1) is 11.3. The van der Waals surface area contributed by atoms with Crippen molar-refractivity contribution in [2.75, 3.05) is 7.11 Å². The van der Waals surface area contributed by atoms with Crippen molar-refractivity contribution in [3.63, 3.8) is 0 Å². The van der Waals surface area contributed by atoms with Gasteiger partial charge in [0.05, 0.1) is 31.0 Å². The molecule has 1 unspecified atom stereocenters. The highest BCUT2D eigenvalue weighted by Gasteiger charge is 2.14. The minimum absolute atomic E-state index is 0. The molecular weight excluding hydrogens is 476 g/mol. The molecule has 0 saturated heterocycles. The number of nitrogens with two attached hydrogens (primary N) is 1. The van der Waals surface area contributed by atoms with Crippen molar-refractivity contribution >= 4 is 53.1 Å². The van der Waals surface area contributed by atoms with Crippen molar-refractivity contribution < 1.29 is 4.74 Å². The molecule has 2 aromatic rings. The number of nitrogens with zero attached hydrogens (tertiary/aromatic N) is 3. The number of hydrogen-bond acceptors (Lipinski definition) is 3. The Bertz CT molecular complexity index is 763. The van der Waals surface area contributed by atoms with E-state index < -0.39 is 0 Å². The monoisotopic (exact) mass is 497 g/mol. The van der Waals surface area contributed by atoms with E-state index in [4.69, 9.17) is 33.7 Å². The van der Waals surface area contributed by atoms with E-state index in [1.54, 1.807) is 23.9 Å². The predicted octanol–water partition coefficient (Wildman–Crippen LogP) is 3.83. The lowest BCUT2D eigenvalue weighted by Crippen LogP contribution is -2.34. The van der Waals surface area contributed by atoms with Crippen LogP contribution in [-0.4, -0.2) is 22.8 Å². The fourth-order valence-electron chi connectivity index (χ4n) is 2.48. The van der Waals surface area contributed by atoms with E-state index in [1.807, 2.05) is 27.0 Å². The fraction of sp³-hybridized carbons (Fsp3) is 0.375. The van der Waals surface area contributed by atoms with Crippen molar-refractivity contribution in [3.05, 3.63) is 45.1 Å².